The van der Waals surface area contributed by atoms with Gasteiger partial charge in [-0.25, -0.2) is 13.1 Å². The van der Waals surface area contributed by atoms with Crippen molar-refractivity contribution in [3.8, 4) is 0 Å². The van der Waals surface area contributed by atoms with Gasteiger partial charge in [-0.05, 0) is 49.4 Å². The molecule has 0 aromatic heterocycles. The van der Waals surface area contributed by atoms with E-state index >= 15 is 0 Å². The molecule has 0 saturated heterocycles. The molecule has 0 aliphatic heterocycles. The number of nitrogens with one attached hydrogen (secondary N) is 1. The van der Waals surface area contributed by atoms with Gasteiger partial charge in [0, 0.05) is 11.1 Å². The van der Waals surface area contributed by atoms with Crippen LogP contribution in [0.25, 0.3) is 0 Å². The third kappa shape index (κ3) is 3.73. The predicted molar refractivity (Wildman–Crippen MR) is 79.2 cm³/mol. The van der Waals surface area contributed by atoms with Crippen LogP contribution in [0.1, 0.15) is 37.3 Å². The van der Waals surface area contributed by atoms with Crippen molar-refractivity contribution < 1.29 is 13.5 Å². The molecule has 1 saturated carbocycles. The summed E-state index contributed by atoms with van der Waals surface area (Å²) in [5, 5.41) is 9.58. The van der Waals surface area contributed by atoms with E-state index in [0.717, 1.165) is 6.42 Å². The van der Waals surface area contributed by atoms with Crippen molar-refractivity contribution in [1.29, 1.82) is 0 Å². The van der Waals surface area contributed by atoms with Gasteiger partial charge in [-0.3, -0.25) is 0 Å². The fourth-order valence-electron chi connectivity index (χ4n) is 2.38. The lowest BCUT2D eigenvalue weighted by Gasteiger charge is -2.16. The van der Waals surface area contributed by atoms with Gasteiger partial charge in [0.05, 0.1) is 11.5 Å². The monoisotopic (exact) mass is 317 g/mol. The molecule has 1 aliphatic rings. The van der Waals surface area contributed by atoms with Crippen molar-refractivity contribution in [2.24, 2.45) is 5.92 Å². The highest BCUT2D eigenvalue weighted by Crippen LogP contribution is 2.34. The first-order valence-corrected chi connectivity index (χ1v) is 8.62. The summed E-state index contributed by atoms with van der Waals surface area (Å²) in [5.41, 5.74) is 1.08. The number of halogens is 1. The summed E-state index contributed by atoms with van der Waals surface area (Å²) < 4.78 is 27.6. The first kappa shape index (κ1) is 15.8. The summed E-state index contributed by atoms with van der Waals surface area (Å²) in [6, 6.07) is 2.93. The number of aliphatic hydroxyl groups excluding tert-OH is 1. The Morgan fingerprint density at radius 2 is 2.10 bits per heavy atom. The normalized spacial score (nSPS) is 17.2. The molecule has 1 atom stereocenters. The minimum Gasteiger partial charge on any atom is -0.392 e. The first-order chi connectivity index (χ1) is 9.33. The minimum absolute atomic E-state index is 0.0940. The van der Waals surface area contributed by atoms with Gasteiger partial charge in [-0.2, -0.15) is 0 Å². The van der Waals surface area contributed by atoms with E-state index in [0.29, 0.717) is 22.1 Å². The number of hydrogen-bond donors (Lipinski definition) is 2. The third-order valence-corrected chi connectivity index (χ3v) is 5.57. The maximum atomic E-state index is 12.4. The Bertz CT molecular complexity index is 597. The zero-order valence-electron chi connectivity index (χ0n) is 11.7. The second kappa shape index (κ2) is 6.02. The van der Waals surface area contributed by atoms with Crippen LogP contribution in [0.15, 0.2) is 17.0 Å². The Labute approximate surface area is 125 Å². The lowest BCUT2D eigenvalue weighted by atomic mass is 10.1. The van der Waals surface area contributed by atoms with Crippen molar-refractivity contribution in [3.05, 3.63) is 28.3 Å². The Balaban J connectivity index is 2.25. The fourth-order valence-corrected chi connectivity index (χ4v) is 4.26. The zero-order valence-corrected chi connectivity index (χ0v) is 13.3. The summed E-state index contributed by atoms with van der Waals surface area (Å²) in [7, 11) is -3.61. The number of rotatable bonds is 6. The molecule has 112 valence electrons. The van der Waals surface area contributed by atoms with Crippen LogP contribution in [0.3, 0.4) is 0 Å². The summed E-state index contributed by atoms with van der Waals surface area (Å²) >= 11 is 5.93. The van der Waals surface area contributed by atoms with Crippen LogP contribution in [0.2, 0.25) is 5.02 Å². The number of sulfonamides is 1. The highest BCUT2D eigenvalue weighted by Gasteiger charge is 2.27. The molecule has 1 aromatic rings. The highest BCUT2D eigenvalue weighted by atomic mass is 35.5. The Morgan fingerprint density at radius 1 is 1.45 bits per heavy atom. The third-order valence-electron chi connectivity index (χ3n) is 3.63. The molecule has 4 nitrogen and oxygen atoms in total. The van der Waals surface area contributed by atoms with Gasteiger partial charge in [0.15, 0.2) is 0 Å². The van der Waals surface area contributed by atoms with E-state index in [9.17, 15) is 13.5 Å². The molecule has 20 heavy (non-hydrogen) atoms. The lowest BCUT2D eigenvalue weighted by molar-refractivity contribution is 0.280. The SMILES string of the molecule is Cc1c(CO)cc(Cl)cc1S(=O)(=O)NC(C)CC1CC1. The van der Waals surface area contributed by atoms with Gasteiger partial charge >= 0.3 is 0 Å². The molecular weight excluding hydrogens is 298 g/mol. The van der Waals surface area contributed by atoms with Crippen LogP contribution in [0.5, 0.6) is 0 Å². The maximum Gasteiger partial charge on any atom is 0.241 e. The summed E-state index contributed by atoms with van der Waals surface area (Å²) in [4.78, 5) is 0.150. The summed E-state index contributed by atoms with van der Waals surface area (Å²) in [6.07, 6.45) is 3.25. The number of benzene rings is 1. The second-order valence-electron chi connectivity index (χ2n) is 5.55. The van der Waals surface area contributed by atoms with Crippen LogP contribution in [0.4, 0.5) is 0 Å². The summed E-state index contributed by atoms with van der Waals surface area (Å²) in [5.74, 6) is 0.654. The van der Waals surface area contributed by atoms with Crippen LogP contribution in [0, 0.1) is 12.8 Å². The maximum absolute atomic E-state index is 12.4. The molecule has 2 N–H and O–H groups in total. The van der Waals surface area contributed by atoms with E-state index < -0.39 is 10.0 Å². The molecule has 0 heterocycles. The van der Waals surface area contributed by atoms with E-state index in [-0.39, 0.29) is 17.5 Å². The van der Waals surface area contributed by atoms with Crippen LogP contribution in [-0.2, 0) is 16.6 Å². The molecular formula is C14H20ClNO3S. The van der Waals surface area contributed by atoms with Crippen molar-refractivity contribution in [1.82, 2.24) is 4.72 Å². The molecule has 0 spiro atoms. The van der Waals surface area contributed by atoms with Crippen LogP contribution in [-0.4, -0.2) is 19.6 Å². The smallest absolute Gasteiger partial charge is 0.241 e. The molecule has 2 rings (SSSR count). The van der Waals surface area contributed by atoms with Crippen molar-refractivity contribution >= 4 is 21.6 Å². The Hall–Kier alpha value is -0.620. The standard InChI is InChI=1S/C14H20ClNO3S/c1-9(5-11-3-4-11)16-20(18,19)14-7-13(15)6-12(8-17)10(14)2/h6-7,9,11,16-17H,3-5,8H2,1-2H3. The highest BCUT2D eigenvalue weighted by molar-refractivity contribution is 7.89. The molecule has 1 aromatic carbocycles. The number of aliphatic hydroxyl groups is 1. The largest absolute Gasteiger partial charge is 0.392 e. The molecule has 0 amide bonds. The average Bonchev–Trinajstić information content (AvgIpc) is 3.14. The second-order valence-corrected chi connectivity index (χ2v) is 7.67. The lowest BCUT2D eigenvalue weighted by Crippen LogP contribution is -2.33. The van der Waals surface area contributed by atoms with Gasteiger partial charge in [0.1, 0.15) is 0 Å². The van der Waals surface area contributed by atoms with Crippen LogP contribution >= 0.6 is 11.6 Å². The minimum atomic E-state index is -3.61. The number of hydrogen-bond acceptors (Lipinski definition) is 3. The van der Waals surface area contributed by atoms with Gasteiger partial charge < -0.3 is 5.11 Å². The van der Waals surface area contributed by atoms with E-state index in [1.54, 1.807) is 13.0 Å². The van der Waals surface area contributed by atoms with Gasteiger partial charge in [-0.15, -0.1) is 0 Å². The zero-order chi connectivity index (χ0) is 14.9. The molecule has 0 bridgehead atoms. The van der Waals surface area contributed by atoms with Gasteiger partial charge in [0.2, 0.25) is 10.0 Å². The molecule has 6 heteroatoms. The molecule has 1 fully saturated rings. The van der Waals surface area contributed by atoms with E-state index in [4.69, 9.17) is 11.6 Å². The van der Waals surface area contributed by atoms with Gasteiger partial charge in [-0.1, -0.05) is 24.4 Å². The molecule has 0 radical (unpaired) electrons. The van der Waals surface area contributed by atoms with E-state index in [2.05, 4.69) is 4.72 Å². The Kier molecular flexibility index (Phi) is 4.74. The first-order valence-electron chi connectivity index (χ1n) is 6.75. The summed E-state index contributed by atoms with van der Waals surface area (Å²) in [6.45, 7) is 3.33. The molecule has 1 aliphatic carbocycles. The average molecular weight is 318 g/mol. The Morgan fingerprint density at radius 3 is 2.65 bits per heavy atom. The van der Waals surface area contributed by atoms with Crippen molar-refractivity contribution in [2.45, 2.75) is 50.7 Å². The van der Waals surface area contributed by atoms with Crippen molar-refractivity contribution in [3.63, 3.8) is 0 Å². The quantitative estimate of drug-likeness (QED) is 0.847. The molecule has 1 unspecified atom stereocenters. The van der Waals surface area contributed by atoms with Crippen molar-refractivity contribution in [2.75, 3.05) is 0 Å². The fraction of sp³-hybridized carbons (Fsp3) is 0.571. The van der Waals surface area contributed by atoms with Crippen LogP contribution < -0.4 is 4.72 Å². The van der Waals surface area contributed by atoms with E-state index in [1.807, 2.05) is 6.92 Å². The predicted octanol–water partition coefficient (Wildman–Crippen LogP) is 2.61. The van der Waals surface area contributed by atoms with E-state index in [1.165, 1.54) is 18.9 Å². The van der Waals surface area contributed by atoms with Gasteiger partial charge in [0.25, 0.3) is 0 Å². The topological polar surface area (TPSA) is 66.4 Å².